The van der Waals surface area contributed by atoms with E-state index < -0.39 is 35.6 Å². The highest BCUT2D eigenvalue weighted by Crippen LogP contribution is 2.34. The molecule has 1 aromatic carbocycles. The number of morpholine rings is 1. The van der Waals surface area contributed by atoms with Crippen molar-refractivity contribution in [3.05, 3.63) is 65.5 Å². The van der Waals surface area contributed by atoms with Gasteiger partial charge in [-0.2, -0.15) is 0 Å². The zero-order valence-corrected chi connectivity index (χ0v) is 19.5. The van der Waals surface area contributed by atoms with E-state index in [9.17, 15) is 14.4 Å². The van der Waals surface area contributed by atoms with Crippen LogP contribution >= 0.6 is 0 Å². The second kappa shape index (κ2) is 9.15. The SMILES string of the molecule is COC(=O)N1CCO[C@@H](Cc2c(-c3c(F)cc(N4C(=O)C=CC4=O)cc3F)nc3cc(C)ccn23)C1. The number of imidazole rings is 1. The van der Waals surface area contributed by atoms with Crippen molar-refractivity contribution in [1.82, 2.24) is 14.3 Å². The second-order valence-electron chi connectivity index (χ2n) is 8.58. The van der Waals surface area contributed by atoms with Crippen molar-refractivity contribution in [1.29, 1.82) is 0 Å². The molecule has 0 saturated carbocycles. The minimum absolute atomic E-state index is 0.0677. The van der Waals surface area contributed by atoms with Gasteiger partial charge in [0.05, 0.1) is 49.0 Å². The van der Waals surface area contributed by atoms with Gasteiger partial charge in [0.2, 0.25) is 0 Å². The normalized spacial score (nSPS) is 17.9. The van der Waals surface area contributed by atoms with E-state index in [1.165, 1.54) is 12.0 Å². The number of fused-ring (bicyclic) bond motifs is 1. The van der Waals surface area contributed by atoms with Crippen LogP contribution in [0.15, 0.2) is 42.6 Å². The lowest BCUT2D eigenvalue weighted by Gasteiger charge is -2.32. The van der Waals surface area contributed by atoms with Gasteiger partial charge in [0, 0.05) is 31.3 Å². The smallest absolute Gasteiger partial charge is 0.409 e. The molecule has 0 spiro atoms. The number of methoxy groups -OCH3 is 1. The van der Waals surface area contributed by atoms with Crippen LogP contribution in [0.4, 0.5) is 19.3 Å². The number of pyridine rings is 1. The number of hydrogen-bond donors (Lipinski definition) is 0. The van der Waals surface area contributed by atoms with E-state index in [-0.39, 0.29) is 36.5 Å². The summed E-state index contributed by atoms with van der Waals surface area (Å²) in [7, 11) is 1.30. The van der Waals surface area contributed by atoms with E-state index in [0.29, 0.717) is 22.8 Å². The quantitative estimate of drug-likeness (QED) is 0.516. The number of benzene rings is 1. The van der Waals surface area contributed by atoms with Crippen LogP contribution < -0.4 is 4.90 Å². The van der Waals surface area contributed by atoms with Crippen molar-refractivity contribution >= 4 is 29.2 Å². The molecule has 0 N–H and O–H groups in total. The van der Waals surface area contributed by atoms with Gasteiger partial charge < -0.3 is 18.8 Å². The Balaban J connectivity index is 1.57. The number of aryl methyl sites for hydroxylation is 1. The molecular formula is C25H22F2N4O5. The zero-order valence-electron chi connectivity index (χ0n) is 19.5. The highest BCUT2D eigenvalue weighted by atomic mass is 19.1. The summed E-state index contributed by atoms with van der Waals surface area (Å²) in [5.41, 5.74) is 1.35. The lowest BCUT2D eigenvalue weighted by molar-refractivity contribution is -0.119. The van der Waals surface area contributed by atoms with Crippen LogP contribution in [0.2, 0.25) is 0 Å². The van der Waals surface area contributed by atoms with Crippen molar-refractivity contribution in [3.63, 3.8) is 0 Å². The van der Waals surface area contributed by atoms with Crippen LogP contribution in [0.1, 0.15) is 11.3 Å². The first-order valence-electron chi connectivity index (χ1n) is 11.2. The zero-order chi connectivity index (χ0) is 25.6. The molecule has 9 nitrogen and oxygen atoms in total. The van der Waals surface area contributed by atoms with E-state index in [1.54, 1.807) is 16.7 Å². The van der Waals surface area contributed by atoms with Gasteiger partial charge in [-0.15, -0.1) is 0 Å². The van der Waals surface area contributed by atoms with Gasteiger partial charge in [-0.05, 0) is 36.8 Å². The van der Waals surface area contributed by atoms with Crippen LogP contribution in [0.5, 0.6) is 0 Å². The number of ether oxygens (including phenoxy) is 2. The van der Waals surface area contributed by atoms with Crippen molar-refractivity contribution in [2.24, 2.45) is 0 Å². The summed E-state index contributed by atoms with van der Waals surface area (Å²) in [5.74, 6) is -3.31. The number of aromatic nitrogens is 2. The number of imide groups is 1. The molecule has 2 aromatic heterocycles. The largest absolute Gasteiger partial charge is 0.453 e. The lowest BCUT2D eigenvalue weighted by Crippen LogP contribution is -2.46. The molecule has 0 bridgehead atoms. The first kappa shape index (κ1) is 23.6. The van der Waals surface area contributed by atoms with Crippen LogP contribution in [-0.4, -0.2) is 65.1 Å². The molecule has 1 fully saturated rings. The van der Waals surface area contributed by atoms with Gasteiger partial charge in [0.15, 0.2) is 0 Å². The summed E-state index contributed by atoms with van der Waals surface area (Å²) in [6.45, 7) is 2.77. The molecule has 1 saturated heterocycles. The highest BCUT2D eigenvalue weighted by molar-refractivity contribution is 6.28. The van der Waals surface area contributed by atoms with Crippen molar-refractivity contribution in [2.75, 3.05) is 31.7 Å². The molecule has 4 heterocycles. The summed E-state index contributed by atoms with van der Waals surface area (Å²) < 4.78 is 43.2. The van der Waals surface area contributed by atoms with E-state index in [2.05, 4.69) is 4.98 Å². The van der Waals surface area contributed by atoms with Gasteiger partial charge in [0.1, 0.15) is 17.3 Å². The molecule has 0 unspecified atom stereocenters. The maximum Gasteiger partial charge on any atom is 0.409 e. The summed E-state index contributed by atoms with van der Waals surface area (Å²) in [6, 6.07) is 5.51. The van der Waals surface area contributed by atoms with Gasteiger partial charge in [-0.3, -0.25) is 9.59 Å². The fourth-order valence-electron chi connectivity index (χ4n) is 4.52. The molecule has 186 valence electrons. The number of amides is 3. The number of halogens is 2. The molecule has 11 heteroatoms. The van der Waals surface area contributed by atoms with E-state index in [0.717, 1.165) is 29.8 Å². The predicted molar refractivity (Wildman–Crippen MR) is 124 cm³/mol. The first-order chi connectivity index (χ1) is 17.3. The van der Waals surface area contributed by atoms with E-state index in [1.807, 2.05) is 13.0 Å². The Morgan fingerprint density at radius 1 is 1.17 bits per heavy atom. The Bertz CT molecular complexity index is 1390. The molecular weight excluding hydrogens is 474 g/mol. The van der Waals surface area contributed by atoms with Gasteiger partial charge in [-0.25, -0.2) is 23.5 Å². The first-order valence-corrected chi connectivity index (χ1v) is 11.2. The number of nitrogens with zero attached hydrogens (tertiary/aromatic N) is 4. The van der Waals surface area contributed by atoms with E-state index in [4.69, 9.17) is 9.47 Å². The fourth-order valence-corrected chi connectivity index (χ4v) is 4.52. The molecule has 2 aliphatic rings. The van der Waals surface area contributed by atoms with Crippen LogP contribution in [0, 0.1) is 18.6 Å². The van der Waals surface area contributed by atoms with E-state index >= 15 is 8.78 Å². The van der Waals surface area contributed by atoms with Crippen LogP contribution in [0.25, 0.3) is 16.9 Å². The van der Waals surface area contributed by atoms with Crippen molar-refractivity contribution in [2.45, 2.75) is 19.4 Å². The maximum absolute atomic E-state index is 15.4. The number of carbonyl (C=O) groups is 3. The summed E-state index contributed by atoms with van der Waals surface area (Å²) in [5, 5.41) is 0. The summed E-state index contributed by atoms with van der Waals surface area (Å²) in [6.07, 6.45) is 3.10. The molecule has 3 aromatic rings. The molecule has 0 radical (unpaired) electrons. The van der Waals surface area contributed by atoms with Gasteiger partial charge >= 0.3 is 6.09 Å². The Hall–Kier alpha value is -4.12. The third-order valence-corrected chi connectivity index (χ3v) is 6.20. The van der Waals surface area contributed by atoms with Crippen LogP contribution in [0.3, 0.4) is 0 Å². The van der Waals surface area contributed by atoms with Crippen LogP contribution in [-0.2, 0) is 25.5 Å². The lowest BCUT2D eigenvalue weighted by atomic mass is 10.0. The summed E-state index contributed by atoms with van der Waals surface area (Å²) >= 11 is 0. The minimum atomic E-state index is -0.973. The maximum atomic E-state index is 15.4. The minimum Gasteiger partial charge on any atom is -0.453 e. The average molecular weight is 496 g/mol. The third-order valence-electron chi connectivity index (χ3n) is 6.20. The predicted octanol–water partition coefficient (Wildman–Crippen LogP) is 3.03. The number of anilines is 1. The Morgan fingerprint density at radius 2 is 1.86 bits per heavy atom. The molecule has 2 aliphatic heterocycles. The molecule has 5 rings (SSSR count). The third kappa shape index (κ3) is 4.11. The molecule has 36 heavy (non-hydrogen) atoms. The fraction of sp³-hybridized carbons (Fsp3) is 0.280. The number of hydrogen-bond acceptors (Lipinski definition) is 6. The van der Waals surface area contributed by atoms with Gasteiger partial charge in [0.25, 0.3) is 11.8 Å². The molecule has 3 amide bonds. The summed E-state index contributed by atoms with van der Waals surface area (Å²) in [4.78, 5) is 42.7. The standard InChI is InChI=1S/C25H22F2N4O5/c1-14-5-6-30-19(12-16-13-29(7-8-36-16)25(34)35-2)24(28-20(30)9-14)23-17(26)10-15(11-18(23)27)31-21(32)3-4-22(31)33/h3-6,9-11,16H,7-8,12-13H2,1-2H3/t16-/m0/s1. The van der Waals surface area contributed by atoms with Crippen molar-refractivity contribution in [3.8, 4) is 11.3 Å². The topological polar surface area (TPSA) is 93.5 Å². The highest BCUT2D eigenvalue weighted by Gasteiger charge is 2.31. The van der Waals surface area contributed by atoms with Crippen molar-refractivity contribution < 1.29 is 32.6 Å². The Morgan fingerprint density at radius 3 is 2.53 bits per heavy atom. The number of rotatable bonds is 4. The van der Waals surface area contributed by atoms with Gasteiger partial charge in [-0.1, -0.05) is 0 Å². The second-order valence-corrected chi connectivity index (χ2v) is 8.58. The molecule has 1 atom stereocenters. The Labute approximate surface area is 204 Å². The molecule has 0 aliphatic carbocycles. The average Bonchev–Trinajstić information content (AvgIpc) is 3.36. The number of carbonyl (C=O) groups excluding carboxylic acids is 3. The Kier molecular flexibility index (Phi) is 6.00. The monoisotopic (exact) mass is 496 g/mol.